The number of rotatable bonds is 0. The van der Waals surface area contributed by atoms with Crippen LogP contribution in [0.15, 0.2) is 5.10 Å². The molecule has 34 valence electrons. The Morgan fingerprint density at radius 2 is 2.83 bits per heavy atom. The van der Waals surface area contributed by atoms with Crippen molar-refractivity contribution in [2.45, 2.75) is 11.4 Å². The first kappa shape index (κ1) is 4.12. The molecule has 0 saturated carbocycles. The van der Waals surface area contributed by atoms with E-state index in [4.69, 9.17) is 0 Å². The molecule has 3 heteroatoms. The standard InChI is InChI=1S/C3H5BrN2/c4-3-1-2-5-6-3/h2-3,6H,1H2. The van der Waals surface area contributed by atoms with Crippen LogP contribution in [0.25, 0.3) is 0 Å². The number of hydrogen-bond donors (Lipinski definition) is 1. The average molecular weight is 149 g/mol. The predicted molar refractivity (Wildman–Crippen MR) is 29.0 cm³/mol. The van der Waals surface area contributed by atoms with E-state index in [9.17, 15) is 0 Å². The van der Waals surface area contributed by atoms with Gasteiger partial charge in [-0.15, -0.1) is 0 Å². The Morgan fingerprint density at radius 3 is 3.00 bits per heavy atom. The maximum atomic E-state index is 3.74. The lowest BCUT2D eigenvalue weighted by Crippen LogP contribution is -2.08. The lowest BCUT2D eigenvalue weighted by atomic mass is 10.5. The summed E-state index contributed by atoms with van der Waals surface area (Å²) >= 11 is 3.30. The summed E-state index contributed by atoms with van der Waals surface area (Å²) in [5.41, 5.74) is 2.81. The van der Waals surface area contributed by atoms with Crippen molar-refractivity contribution in [1.82, 2.24) is 5.43 Å². The van der Waals surface area contributed by atoms with Gasteiger partial charge in [-0.25, -0.2) is 0 Å². The van der Waals surface area contributed by atoms with Gasteiger partial charge in [0.1, 0.15) is 4.95 Å². The van der Waals surface area contributed by atoms with Crippen LogP contribution in [0, 0.1) is 0 Å². The fourth-order valence-corrected chi connectivity index (χ4v) is 0.617. The van der Waals surface area contributed by atoms with Gasteiger partial charge in [-0.2, -0.15) is 5.10 Å². The van der Waals surface area contributed by atoms with Crippen molar-refractivity contribution in [3.8, 4) is 0 Å². The molecule has 1 heterocycles. The minimum Gasteiger partial charge on any atom is -0.296 e. The fraction of sp³-hybridized carbons (Fsp3) is 0.667. The van der Waals surface area contributed by atoms with Crippen molar-refractivity contribution in [3.05, 3.63) is 0 Å². The molecule has 0 aromatic carbocycles. The second-order valence-electron chi connectivity index (χ2n) is 1.14. The van der Waals surface area contributed by atoms with Crippen LogP contribution in [0.5, 0.6) is 0 Å². The molecule has 1 aliphatic rings. The van der Waals surface area contributed by atoms with Crippen molar-refractivity contribution < 1.29 is 0 Å². The first-order chi connectivity index (χ1) is 2.89. The largest absolute Gasteiger partial charge is 0.296 e. The van der Waals surface area contributed by atoms with Crippen LogP contribution in [0.3, 0.4) is 0 Å². The Labute approximate surface area is 44.7 Å². The first-order valence-electron chi connectivity index (χ1n) is 1.81. The molecule has 0 aromatic heterocycles. The molecule has 0 saturated heterocycles. The predicted octanol–water partition coefficient (Wildman–Crippen LogP) is 0.687. The van der Waals surface area contributed by atoms with E-state index in [1.807, 2.05) is 6.21 Å². The van der Waals surface area contributed by atoms with Crippen molar-refractivity contribution >= 4 is 22.1 Å². The lowest BCUT2D eigenvalue weighted by molar-refractivity contribution is 0.774. The molecule has 6 heavy (non-hydrogen) atoms. The zero-order chi connectivity index (χ0) is 4.41. The molecule has 0 radical (unpaired) electrons. The highest BCUT2D eigenvalue weighted by Crippen LogP contribution is 2.01. The number of hydrazone groups is 1. The van der Waals surface area contributed by atoms with Crippen LogP contribution in [0.1, 0.15) is 6.42 Å². The zero-order valence-corrected chi connectivity index (χ0v) is 4.77. The third-order valence-electron chi connectivity index (χ3n) is 0.618. The van der Waals surface area contributed by atoms with Gasteiger partial charge in [-0.05, 0) is 0 Å². The maximum Gasteiger partial charge on any atom is 0.104 e. The molecule has 0 spiro atoms. The summed E-state index contributed by atoms with van der Waals surface area (Å²) in [6.07, 6.45) is 2.85. The third-order valence-corrected chi connectivity index (χ3v) is 1.20. The Morgan fingerprint density at radius 1 is 2.00 bits per heavy atom. The van der Waals surface area contributed by atoms with E-state index < -0.39 is 0 Å². The monoisotopic (exact) mass is 148 g/mol. The van der Waals surface area contributed by atoms with Crippen molar-refractivity contribution in [1.29, 1.82) is 0 Å². The SMILES string of the molecule is BrC1CC=NN1. The minimum atomic E-state index is 0.387. The smallest absolute Gasteiger partial charge is 0.104 e. The molecule has 0 bridgehead atoms. The third kappa shape index (κ3) is 0.712. The van der Waals surface area contributed by atoms with Gasteiger partial charge in [0.05, 0.1) is 0 Å². The number of hydrogen-bond acceptors (Lipinski definition) is 2. The zero-order valence-electron chi connectivity index (χ0n) is 3.19. The van der Waals surface area contributed by atoms with Crippen LogP contribution in [-0.2, 0) is 0 Å². The van der Waals surface area contributed by atoms with Crippen molar-refractivity contribution in [2.75, 3.05) is 0 Å². The van der Waals surface area contributed by atoms with Crippen molar-refractivity contribution in [2.24, 2.45) is 5.10 Å². The first-order valence-corrected chi connectivity index (χ1v) is 2.72. The van der Waals surface area contributed by atoms with Gasteiger partial charge in [0.2, 0.25) is 0 Å². The molecule has 0 fully saturated rings. The van der Waals surface area contributed by atoms with E-state index in [1.165, 1.54) is 0 Å². The van der Waals surface area contributed by atoms with Crippen LogP contribution >= 0.6 is 15.9 Å². The molecular formula is C3H5BrN2. The number of nitrogens with one attached hydrogen (secondary N) is 1. The molecule has 2 nitrogen and oxygen atoms in total. The van der Waals surface area contributed by atoms with Gasteiger partial charge in [0.15, 0.2) is 0 Å². The van der Waals surface area contributed by atoms with E-state index in [0.717, 1.165) is 6.42 Å². The Balaban J connectivity index is 2.32. The van der Waals surface area contributed by atoms with Gasteiger partial charge >= 0.3 is 0 Å². The normalized spacial score (nSPS) is 30.5. The van der Waals surface area contributed by atoms with Crippen LogP contribution < -0.4 is 5.43 Å². The summed E-state index contributed by atoms with van der Waals surface area (Å²) in [6.45, 7) is 0. The molecule has 1 aliphatic heterocycles. The van der Waals surface area contributed by atoms with Crippen molar-refractivity contribution in [3.63, 3.8) is 0 Å². The molecule has 1 atom stereocenters. The summed E-state index contributed by atoms with van der Waals surface area (Å²) in [5.74, 6) is 0. The Bertz CT molecular complexity index is 63.2. The van der Waals surface area contributed by atoms with E-state index in [0.29, 0.717) is 4.95 Å². The van der Waals surface area contributed by atoms with Gasteiger partial charge in [0, 0.05) is 12.6 Å². The molecular weight excluding hydrogens is 144 g/mol. The number of halogens is 1. The molecule has 1 unspecified atom stereocenters. The second kappa shape index (κ2) is 1.60. The summed E-state index contributed by atoms with van der Waals surface area (Å²) < 4.78 is 0. The highest BCUT2D eigenvalue weighted by atomic mass is 79.9. The molecule has 0 aromatic rings. The molecule has 0 aliphatic carbocycles. The van der Waals surface area contributed by atoms with E-state index in [2.05, 4.69) is 26.5 Å². The van der Waals surface area contributed by atoms with E-state index in [1.54, 1.807) is 0 Å². The lowest BCUT2D eigenvalue weighted by Gasteiger charge is -1.92. The maximum absolute atomic E-state index is 3.74. The fourth-order valence-electron chi connectivity index (χ4n) is 0.332. The van der Waals surface area contributed by atoms with Gasteiger partial charge in [-0.1, -0.05) is 15.9 Å². The van der Waals surface area contributed by atoms with Gasteiger partial charge in [0.25, 0.3) is 0 Å². The average Bonchev–Trinajstić information content (AvgIpc) is 1.86. The quantitative estimate of drug-likeness (QED) is 0.397. The Kier molecular flexibility index (Phi) is 1.10. The second-order valence-corrected chi connectivity index (χ2v) is 2.25. The summed E-state index contributed by atoms with van der Waals surface area (Å²) in [6, 6.07) is 0. The number of nitrogens with zero attached hydrogens (tertiary/aromatic N) is 1. The van der Waals surface area contributed by atoms with Gasteiger partial charge < -0.3 is 0 Å². The van der Waals surface area contributed by atoms with Crippen LogP contribution in [-0.4, -0.2) is 11.2 Å². The molecule has 0 amide bonds. The topological polar surface area (TPSA) is 24.4 Å². The Hall–Kier alpha value is -0.0500. The van der Waals surface area contributed by atoms with Crippen LogP contribution in [0.4, 0.5) is 0 Å². The van der Waals surface area contributed by atoms with Gasteiger partial charge in [-0.3, -0.25) is 5.43 Å². The van der Waals surface area contributed by atoms with E-state index >= 15 is 0 Å². The molecule has 1 N–H and O–H groups in total. The summed E-state index contributed by atoms with van der Waals surface area (Å²) in [7, 11) is 0. The minimum absolute atomic E-state index is 0.387. The highest BCUT2D eigenvalue weighted by Gasteiger charge is 2.01. The highest BCUT2D eigenvalue weighted by molar-refractivity contribution is 9.09. The summed E-state index contributed by atoms with van der Waals surface area (Å²) in [4.78, 5) is 0.387. The summed E-state index contributed by atoms with van der Waals surface area (Å²) in [5, 5.41) is 3.74. The van der Waals surface area contributed by atoms with E-state index in [-0.39, 0.29) is 0 Å². The number of alkyl halides is 1. The van der Waals surface area contributed by atoms with Crippen LogP contribution in [0.2, 0.25) is 0 Å². The molecule has 1 rings (SSSR count).